The van der Waals surface area contributed by atoms with E-state index in [0.29, 0.717) is 10.5 Å². The molecule has 2 N–H and O–H groups in total. The molecule has 0 fully saturated rings. The number of carboxylic acid groups (broad SMARTS) is 2. The van der Waals surface area contributed by atoms with E-state index in [-0.39, 0.29) is 12.0 Å². The van der Waals surface area contributed by atoms with E-state index in [1.165, 1.54) is 11.8 Å². The van der Waals surface area contributed by atoms with Crippen LogP contribution >= 0.6 is 34.4 Å². The molecule has 2 rings (SSSR count). The normalized spacial score (nSPS) is 10.3. The van der Waals surface area contributed by atoms with Gasteiger partial charge in [0, 0.05) is 13.4 Å². The Balaban J connectivity index is 2.22. The minimum absolute atomic E-state index is 0.0190. The van der Waals surface area contributed by atoms with Gasteiger partial charge < -0.3 is 10.2 Å². The first kappa shape index (κ1) is 15.8. The van der Waals surface area contributed by atoms with Crippen molar-refractivity contribution in [1.82, 2.24) is 0 Å². The molecule has 0 atom stereocenters. The fraction of sp³-hybridized carbons (Fsp3) is 0.0667. The maximum absolute atomic E-state index is 11.3. The maximum atomic E-state index is 11.3. The number of aromatic carboxylic acids is 1. The quantitative estimate of drug-likeness (QED) is 0.729. The van der Waals surface area contributed by atoms with Crippen molar-refractivity contribution in [2.45, 2.75) is 16.2 Å². The van der Waals surface area contributed by atoms with E-state index in [0.717, 1.165) is 8.47 Å². The van der Waals surface area contributed by atoms with Gasteiger partial charge in [0.05, 0.1) is 12.0 Å². The third-order valence-electron chi connectivity index (χ3n) is 2.68. The average Bonchev–Trinajstić information content (AvgIpc) is 2.42. The maximum Gasteiger partial charge on any atom is 0.336 e. The van der Waals surface area contributed by atoms with Gasteiger partial charge >= 0.3 is 11.9 Å². The minimum atomic E-state index is -0.960. The van der Waals surface area contributed by atoms with Crippen LogP contribution in [0.1, 0.15) is 15.9 Å². The molecular weight excluding hydrogens is 403 g/mol. The number of aliphatic carboxylic acids is 1. The van der Waals surface area contributed by atoms with E-state index >= 15 is 0 Å². The van der Waals surface area contributed by atoms with E-state index in [1.54, 1.807) is 36.4 Å². The van der Waals surface area contributed by atoms with Crippen LogP contribution in [0.3, 0.4) is 0 Å². The van der Waals surface area contributed by atoms with Crippen LogP contribution in [0, 0.1) is 3.57 Å². The smallest absolute Gasteiger partial charge is 0.336 e. The first-order valence-electron chi connectivity index (χ1n) is 5.97. The summed E-state index contributed by atoms with van der Waals surface area (Å²) in [6.45, 7) is 0. The number of carboxylic acids is 2. The molecule has 0 aliphatic carbocycles. The van der Waals surface area contributed by atoms with Gasteiger partial charge in [0.25, 0.3) is 0 Å². The Labute approximate surface area is 139 Å². The van der Waals surface area contributed by atoms with Crippen molar-refractivity contribution in [3.8, 4) is 0 Å². The third-order valence-corrected chi connectivity index (χ3v) is 4.43. The Morgan fingerprint density at radius 3 is 2.29 bits per heavy atom. The van der Waals surface area contributed by atoms with Crippen LogP contribution in [0.2, 0.25) is 0 Å². The van der Waals surface area contributed by atoms with Gasteiger partial charge in [0.1, 0.15) is 0 Å². The summed E-state index contributed by atoms with van der Waals surface area (Å²) >= 11 is 3.42. The van der Waals surface area contributed by atoms with Crippen molar-refractivity contribution < 1.29 is 19.8 Å². The van der Waals surface area contributed by atoms with Gasteiger partial charge in [0.15, 0.2) is 0 Å². The van der Waals surface area contributed by atoms with Gasteiger partial charge in [-0.15, -0.1) is 0 Å². The molecule has 2 aromatic carbocycles. The molecule has 0 amide bonds. The fourth-order valence-corrected chi connectivity index (χ4v) is 3.14. The minimum Gasteiger partial charge on any atom is -0.481 e. The van der Waals surface area contributed by atoms with Crippen LogP contribution in [-0.4, -0.2) is 22.2 Å². The number of benzene rings is 2. The molecule has 0 spiro atoms. The Morgan fingerprint density at radius 2 is 1.71 bits per heavy atom. The van der Waals surface area contributed by atoms with Crippen LogP contribution < -0.4 is 0 Å². The average molecular weight is 414 g/mol. The molecule has 0 heterocycles. The molecule has 0 saturated carbocycles. The Hall–Kier alpha value is -1.54. The molecule has 108 valence electrons. The molecule has 0 unspecified atom stereocenters. The lowest BCUT2D eigenvalue weighted by molar-refractivity contribution is -0.136. The molecule has 21 heavy (non-hydrogen) atoms. The highest BCUT2D eigenvalue weighted by atomic mass is 127. The van der Waals surface area contributed by atoms with Gasteiger partial charge in [0.2, 0.25) is 0 Å². The first-order valence-corrected chi connectivity index (χ1v) is 7.86. The largest absolute Gasteiger partial charge is 0.481 e. The third kappa shape index (κ3) is 4.47. The Bertz CT molecular complexity index is 683. The van der Waals surface area contributed by atoms with Crippen molar-refractivity contribution in [2.24, 2.45) is 0 Å². The lowest BCUT2D eigenvalue weighted by Crippen LogP contribution is -2.00. The second-order valence-electron chi connectivity index (χ2n) is 4.26. The fourth-order valence-electron chi connectivity index (χ4n) is 1.74. The summed E-state index contributed by atoms with van der Waals surface area (Å²) in [6.07, 6.45) is -0.0190. The summed E-state index contributed by atoms with van der Waals surface area (Å²) in [5.74, 6) is -1.83. The predicted octanol–water partition coefficient (Wildman–Crippen LogP) is 3.77. The summed E-state index contributed by atoms with van der Waals surface area (Å²) < 4.78 is 0.867. The molecule has 2 aromatic rings. The zero-order chi connectivity index (χ0) is 15.4. The van der Waals surface area contributed by atoms with Crippen molar-refractivity contribution in [2.75, 3.05) is 0 Å². The zero-order valence-corrected chi connectivity index (χ0v) is 13.7. The SMILES string of the molecule is O=C(O)Cc1ccc(Sc2ccc(I)cc2C(=O)O)cc1. The van der Waals surface area contributed by atoms with Gasteiger partial charge in [-0.1, -0.05) is 23.9 Å². The predicted molar refractivity (Wildman–Crippen MR) is 88.0 cm³/mol. The van der Waals surface area contributed by atoms with E-state index in [2.05, 4.69) is 22.6 Å². The highest BCUT2D eigenvalue weighted by Gasteiger charge is 2.12. The molecule has 0 aliphatic rings. The molecule has 0 radical (unpaired) electrons. The lowest BCUT2D eigenvalue weighted by atomic mass is 10.2. The van der Waals surface area contributed by atoms with E-state index in [4.69, 9.17) is 5.11 Å². The number of halogens is 1. The molecule has 0 bridgehead atoms. The van der Waals surface area contributed by atoms with E-state index in [9.17, 15) is 14.7 Å². The monoisotopic (exact) mass is 414 g/mol. The highest BCUT2D eigenvalue weighted by molar-refractivity contribution is 14.1. The van der Waals surface area contributed by atoms with Crippen LogP contribution in [-0.2, 0) is 11.2 Å². The van der Waals surface area contributed by atoms with Gasteiger partial charge in [-0.25, -0.2) is 4.79 Å². The topological polar surface area (TPSA) is 74.6 Å². The van der Waals surface area contributed by atoms with Crippen molar-refractivity contribution in [1.29, 1.82) is 0 Å². The van der Waals surface area contributed by atoms with Crippen LogP contribution in [0.4, 0.5) is 0 Å². The molecule has 0 aliphatic heterocycles. The van der Waals surface area contributed by atoms with Crippen LogP contribution in [0.5, 0.6) is 0 Å². The highest BCUT2D eigenvalue weighted by Crippen LogP contribution is 2.31. The van der Waals surface area contributed by atoms with Crippen LogP contribution in [0.25, 0.3) is 0 Å². The zero-order valence-electron chi connectivity index (χ0n) is 10.7. The summed E-state index contributed by atoms with van der Waals surface area (Å²) in [7, 11) is 0. The van der Waals surface area contributed by atoms with E-state index in [1.807, 2.05) is 6.07 Å². The summed E-state index contributed by atoms with van der Waals surface area (Å²) in [5.41, 5.74) is 0.981. The molecular formula is C15H11IO4S. The standard InChI is InChI=1S/C15H11IO4S/c16-10-3-6-13(12(8-10)15(19)20)21-11-4-1-9(2-5-11)7-14(17)18/h1-6,8H,7H2,(H,17,18)(H,19,20). The van der Waals surface area contributed by atoms with Gasteiger partial charge in [-0.3, -0.25) is 4.79 Å². The van der Waals surface area contributed by atoms with Gasteiger partial charge in [-0.05, 0) is 58.5 Å². The Morgan fingerprint density at radius 1 is 1.05 bits per heavy atom. The van der Waals surface area contributed by atoms with Crippen molar-refractivity contribution in [3.05, 3.63) is 57.2 Å². The van der Waals surface area contributed by atoms with E-state index < -0.39 is 11.9 Å². The van der Waals surface area contributed by atoms with Crippen molar-refractivity contribution in [3.63, 3.8) is 0 Å². The van der Waals surface area contributed by atoms with Crippen molar-refractivity contribution >= 4 is 46.3 Å². The number of rotatable bonds is 5. The first-order chi connectivity index (χ1) is 9.95. The second kappa shape index (κ2) is 6.95. The summed E-state index contributed by atoms with van der Waals surface area (Å²) in [5, 5.41) is 18.0. The molecule has 4 nitrogen and oxygen atoms in total. The number of hydrogen-bond donors (Lipinski definition) is 2. The molecule has 0 saturated heterocycles. The summed E-state index contributed by atoms with van der Waals surface area (Å²) in [4.78, 5) is 23.4. The number of hydrogen-bond acceptors (Lipinski definition) is 3. The van der Waals surface area contributed by atoms with Crippen LogP contribution in [0.15, 0.2) is 52.3 Å². The molecule has 0 aromatic heterocycles. The van der Waals surface area contributed by atoms with Gasteiger partial charge in [-0.2, -0.15) is 0 Å². The summed E-state index contributed by atoms with van der Waals surface area (Å²) in [6, 6.07) is 12.3. The second-order valence-corrected chi connectivity index (χ2v) is 6.62. The number of carbonyl (C=O) groups is 2. The Kier molecular flexibility index (Phi) is 5.24. The molecule has 6 heteroatoms. The lowest BCUT2D eigenvalue weighted by Gasteiger charge is -2.07.